The Kier molecular flexibility index (Phi) is 4.56. The summed E-state index contributed by atoms with van der Waals surface area (Å²) in [5, 5.41) is 8.53. The van der Waals surface area contributed by atoms with E-state index in [0.29, 0.717) is 6.07 Å². The van der Waals surface area contributed by atoms with Crippen molar-refractivity contribution in [2.45, 2.75) is 11.5 Å². The van der Waals surface area contributed by atoms with Gasteiger partial charge in [-0.1, -0.05) is 15.9 Å². The van der Waals surface area contributed by atoms with Gasteiger partial charge in [0.25, 0.3) is 0 Å². The molecule has 19 heavy (non-hydrogen) atoms. The van der Waals surface area contributed by atoms with Crippen LogP contribution < -0.4 is 0 Å². The summed E-state index contributed by atoms with van der Waals surface area (Å²) in [6, 6.07) is 1.35. The third-order valence-corrected chi connectivity index (χ3v) is 2.90. The number of ether oxygens (including phenoxy) is 1. The van der Waals surface area contributed by atoms with Gasteiger partial charge in [-0.25, -0.2) is 9.59 Å². The van der Waals surface area contributed by atoms with Gasteiger partial charge in [0.1, 0.15) is 0 Å². The number of methoxy groups -OCH3 is 1. The van der Waals surface area contributed by atoms with Gasteiger partial charge in [-0.3, -0.25) is 0 Å². The van der Waals surface area contributed by atoms with Crippen molar-refractivity contribution in [3.8, 4) is 0 Å². The number of hydrogen-bond acceptors (Lipinski definition) is 3. The molecule has 0 aliphatic carbocycles. The molecule has 4 nitrogen and oxygen atoms in total. The van der Waals surface area contributed by atoms with Crippen molar-refractivity contribution in [2.24, 2.45) is 0 Å². The first-order valence-electron chi connectivity index (χ1n) is 4.84. The average molecular weight is 341 g/mol. The fraction of sp³-hybridized carbons (Fsp3) is 0.273. The predicted octanol–water partition coefficient (Wildman–Crippen LogP) is 3.09. The van der Waals surface area contributed by atoms with Crippen molar-refractivity contribution < 1.29 is 32.6 Å². The zero-order chi connectivity index (χ0) is 14.8. The number of esters is 1. The van der Waals surface area contributed by atoms with E-state index in [0.717, 1.165) is 13.2 Å². The van der Waals surface area contributed by atoms with Crippen LogP contribution in [0.1, 0.15) is 31.8 Å². The molecular weight excluding hydrogens is 333 g/mol. The normalized spacial score (nSPS) is 11.2. The number of carbonyl (C=O) groups excluding carboxylic acids is 1. The van der Waals surface area contributed by atoms with Crippen LogP contribution in [-0.4, -0.2) is 24.2 Å². The Labute approximate surface area is 114 Å². The number of alkyl halides is 4. The van der Waals surface area contributed by atoms with E-state index in [-0.39, 0.29) is 10.9 Å². The molecule has 0 saturated carbocycles. The zero-order valence-electron chi connectivity index (χ0n) is 9.55. The van der Waals surface area contributed by atoms with Gasteiger partial charge < -0.3 is 9.84 Å². The number of carboxylic acid groups (broad SMARTS) is 1. The number of halogens is 4. The quantitative estimate of drug-likeness (QED) is 0.678. The summed E-state index contributed by atoms with van der Waals surface area (Å²) in [5.41, 5.74) is -2.59. The first kappa shape index (κ1) is 15.5. The minimum atomic E-state index is -4.77. The second-order valence-corrected chi connectivity index (χ2v) is 4.04. The molecule has 104 valence electrons. The van der Waals surface area contributed by atoms with E-state index < -0.39 is 34.8 Å². The highest BCUT2D eigenvalue weighted by atomic mass is 79.9. The Morgan fingerprint density at radius 3 is 2.32 bits per heavy atom. The van der Waals surface area contributed by atoms with Crippen LogP contribution in [0.3, 0.4) is 0 Å². The van der Waals surface area contributed by atoms with Gasteiger partial charge in [-0.05, 0) is 17.7 Å². The molecule has 0 spiro atoms. The minimum Gasteiger partial charge on any atom is -0.478 e. The maximum Gasteiger partial charge on any atom is 0.416 e. The summed E-state index contributed by atoms with van der Waals surface area (Å²) in [5.74, 6) is -2.58. The summed E-state index contributed by atoms with van der Waals surface area (Å²) in [4.78, 5) is 22.3. The van der Waals surface area contributed by atoms with Crippen LogP contribution in [0.4, 0.5) is 13.2 Å². The van der Waals surface area contributed by atoms with Gasteiger partial charge in [0, 0.05) is 5.33 Å². The van der Waals surface area contributed by atoms with E-state index >= 15 is 0 Å². The lowest BCUT2D eigenvalue weighted by molar-refractivity contribution is -0.138. The van der Waals surface area contributed by atoms with Crippen molar-refractivity contribution in [1.29, 1.82) is 0 Å². The molecular formula is C11H8BrF3O4. The fourth-order valence-corrected chi connectivity index (χ4v) is 2.09. The van der Waals surface area contributed by atoms with Gasteiger partial charge in [0.2, 0.25) is 0 Å². The lowest BCUT2D eigenvalue weighted by Crippen LogP contribution is -2.16. The third kappa shape index (κ3) is 3.25. The van der Waals surface area contributed by atoms with E-state index in [4.69, 9.17) is 5.11 Å². The van der Waals surface area contributed by atoms with Gasteiger partial charge >= 0.3 is 18.1 Å². The van der Waals surface area contributed by atoms with Crippen LogP contribution in [-0.2, 0) is 16.2 Å². The second kappa shape index (κ2) is 5.60. The Morgan fingerprint density at radius 1 is 1.37 bits per heavy atom. The van der Waals surface area contributed by atoms with Crippen molar-refractivity contribution in [2.75, 3.05) is 7.11 Å². The number of rotatable bonds is 3. The topological polar surface area (TPSA) is 63.6 Å². The lowest BCUT2D eigenvalue weighted by Gasteiger charge is -2.15. The Balaban J connectivity index is 3.66. The number of carboxylic acids is 1. The van der Waals surface area contributed by atoms with Gasteiger partial charge in [0.15, 0.2) is 0 Å². The number of aromatic carboxylic acids is 1. The van der Waals surface area contributed by atoms with Crippen molar-refractivity contribution in [3.05, 3.63) is 34.4 Å². The van der Waals surface area contributed by atoms with E-state index in [9.17, 15) is 22.8 Å². The Bertz CT molecular complexity index is 525. The SMILES string of the molecule is COC(=O)c1cc(C(=O)O)cc(C(F)(F)F)c1CBr. The molecule has 0 fully saturated rings. The fourth-order valence-electron chi connectivity index (χ4n) is 1.48. The molecule has 0 saturated heterocycles. The lowest BCUT2D eigenvalue weighted by atomic mass is 9.98. The molecule has 0 aliphatic rings. The van der Waals surface area contributed by atoms with Crippen LogP contribution in [0.5, 0.6) is 0 Å². The number of hydrogen-bond donors (Lipinski definition) is 1. The Morgan fingerprint density at radius 2 is 1.95 bits per heavy atom. The molecule has 1 rings (SSSR count). The first-order chi connectivity index (χ1) is 8.72. The Hall–Kier alpha value is -1.57. The summed E-state index contributed by atoms with van der Waals surface area (Å²) in [7, 11) is 1.00. The molecule has 1 aromatic carbocycles. The van der Waals surface area contributed by atoms with E-state index in [2.05, 4.69) is 20.7 Å². The monoisotopic (exact) mass is 340 g/mol. The highest BCUT2D eigenvalue weighted by molar-refractivity contribution is 9.08. The molecule has 0 amide bonds. The molecule has 0 bridgehead atoms. The third-order valence-electron chi connectivity index (χ3n) is 2.34. The average Bonchev–Trinajstić information content (AvgIpc) is 2.34. The van der Waals surface area contributed by atoms with E-state index in [1.807, 2.05) is 0 Å². The van der Waals surface area contributed by atoms with Crippen molar-refractivity contribution in [1.82, 2.24) is 0 Å². The van der Waals surface area contributed by atoms with Gasteiger partial charge in [-0.15, -0.1) is 0 Å². The second-order valence-electron chi connectivity index (χ2n) is 3.48. The molecule has 0 radical (unpaired) electrons. The zero-order valence-corrected chi connectivity index (χ0v) is 11.1. The maximum atomic E-state index is 12.9. The van der Waals surface area contributed by atoms with Crippen LogP contribution in [0.25, 0.3) is 0 Å². The first-order valence-corrected chi connectivity index (χ1v) is 5.96. The molecule has 0 aromatic heterocycles. The molecule has 0 heterocycles. The molecule has 0 aliphatic heterocycles. The molecule has 1 aromatic rings. The van der Waals surface area contributed by atoms with E-state index in [1.165, 1.54) is 0 Å². The molecule has 1 N–H and O–H groups in total. The van der Waals surface area contributed by atoms with Gasteiger partial charge in [-0.2, -0.15) is 13.2 Å². The molecule has 0 unspecified atom stereocenters. The summed E-state index contributed by atoms with van der Waals surface area (Å²) < 4.78 is 42.9. The summed E-state index contributed by atoms with van der Waals surface area (Å²) in [6.45, 7) is 0. The molecule has 8 heteroatoms. The standard InChI is InChI=1S/C11H8BrF3O4/c1-19-10(18)6-2-5(9(16)17)3-8(7(6)4-12)11(13,14)15/h2-3H,4H2,1H3,(H,16,17). The predicted molar refractivity (Wildman–Crippen MR) is 62.4 cm³/mol. The van der Waals surface area contributed by atoms with Crippen LogP contribution in [0.15, 0.2) is 12.1 Å². The van der Waals surface area contributed by atoms with Gasteiger partial charge in [0.05, 0.1) is 23.8 Å². The number of benzene rings is 1. The number of carbonyl (C=O) groups is 2. The summed E-state index contributed by atoms with van der Waals surface area (Å²) >= 11 is 2.86. The summed E-state index contributed by atoms with van der Waals surface area (Å²) in [6.07, 6.45) is -4.77. The largest absolute Gasteiger partial charge is 0.478 e. The highest BCUT2D eigenvalue weighted by Crippen LogP contribution is 2.35. The van der Waals surface area contributed by atoms with E-state index in [1.54, 1.807) is 0 Å². The van der Waals surface area contributed by atoms with Crippen molar-refractivity contribution in [3.63, 3.8) is 0 Å². The molecule has 0 atom stereocenters. The highest BCUT2D eigenvalue weighted by Gasteiger charge is 2.36. The maximum absolute atomic E-state index is 12.9. The van der Waals surface area contributed by atoms with Crippen LogP contribution in [0, 0.1) is 0 Å². The minimum absolute atomic E-state index is 0.258. The van der Waals surface area contributed by atoms with Crippen LogP contribution in [0.2, 0.25) is 0 Å². The van der Waals surface area contributed by atoms with Crippen LogP contribution >= 0.6 is 15.9 Å². The van der Waals surface area contributed by atoms with Crippen molar-refractivity contribution >= 4 is 27.9 Å². The smallest absolute Gasteiger partial charge is 0.416 e.